The van der Waals surface area contributed by atoms with Crippen LogP contribution in [0.25, 0.3) is 10.8 Å². The van der Waals surface area contributed by atoms with Crippen LogP contribution < -0.4 is 4.90 Å². The van der Waals surface area contributed by atoms with Crippen molar-refractivity contribution in [1.82, 2.24) is 9.97 Å². The third kappa shape index (κ3) is 2.61. The molecule has 0 bridgehead atoms. The monoisotopic (exact) mass is 323 g/mol. The molecule has 1 amide bonds. The first-order valence-corrected chi connectivity index (χ1v) is 8.79. The second-order valence-electron chi connectivity index (χ2n) is 5.59. The molecule has 4 rings (SSSR count). The lowest BCUT2D eigenvalue weighted by atomic mass is 10.1. The molecule has 0 saturated carbocycles. The Morgan fingerprint density at radius 1 is 1.13 bits per heavy atom. The lowest BCUT2D eigenvalue weighted by Crippen LogP contribution is -2.27. The Kier molecular flexibility index (Phi) is 3.79. The number of hydrogen-bond donors (Lipinski definition) is 1. The predicted octanol–water partition coefficient (Wildman–Crippen LogP) is 4.10. The Bertz CT molecular complexity index is 839. The predicted molar refractivity (Wildman–Crippen MR) is 94.2 cm³/mol. The van der Waals surface area contributed by atoms with E-state index < -0.39 is 0 Å². The first kappa shape index (κ1) is 14.3. The molecule has 3 aromatic rings. The van der Waals surface area contributed by atoms with Crippen LogP contribution in [0.1, 0.15) is 23.2 Å². The lowest BCUT2D eigenvalue weighted by Gasteiger charge is -2.17. The third-order valence-electron chi connectivity index (χ3n) is 4.14. The molecule has 0 radical (unpaired) electrons. The Balaban J connectivity index is 1.41. The number of rotatable bonds is 6. The van der Waals surface area contributed by atoms with Crippen LogP contribution in [0.2, 0.25) is 0 Å². The Hall–Kier alpha value is -2.27. The average molecular weight is 323 g/mol. The molecule has 0 spiro atoms. The summed E-state index contributed by atoms with van der Waals surface area (Å²) in [6, 6.07) is 12.1. The summed E-state index contributed by atoms with van der Waals surface area (Å²) in [6.45, 7) is 0.769. The quantitative estimate of drug-likeness (QED) is 0.549. The SMILES string of the molecule is O=C1c2cccc3cccc(c23)N1CCCCSc1ncc[nH]1. The summed E-state index contributed by atoms with van der Waals surface area (Å²) in [5.74, 6) is 1.14. The second kappa shape index (κ2) is 6.08. The van der Waals surface area contributed by atoms with Crippen LogP contribution in [0.4, 0.5) is 5.69 Å². The molecule has 116 valence electrons. The van der Waals surface area contributed by atoms with E-state index in [1.54, 1.807) is 18.0 Å². The van der Waals surface area contributed by atoms with Gasteiger partial charge in [-0.2, -0.15) is 0 Å². The highest BCUT2D eigenvalue weighted by molar-refractivity contribution is 7.99. The van der Waals surface area contributed by atoms with E-state index in [1.807, 2.05) is 35.4 Å². The average Bonchev–Trinajstić information content (AvgIpc) is 3.18. The summed E-state index contributed by atoms with van der Waals surface area (Å²) in [5.41, 5.74) is 1.89. The standard InChI is InChI=1S/C18H17N3OS/c22-17-14-7-3-5-13-6-4-8-15(16(13)14)21(17)11-1-2-12-23-18-19-9-10-20-18/h3-10H,1-2,11-12H2,(H,19,20). The number of carbonyl (C=O) groups is 1. The number of anilines is 1. The summed E-state index contributed by atoms with van der Waals surface area (Å²) in [6.07, 6.45) is 5.65. The van der Waals surface area contributed by atoms with Gasteiger partial charge in [-0.3, -0.25) is 4.79 Å². The van der Waals surface area contributed by atoms with Gasteiger partial charge in [-0.15, -0.1) is 0 Å². The van der Waals surface area contributed by atoms with Crippen LogP contribution in [0.3, 0.4) is 0 Å². The summed E-state index contributed by atoms with van der Waals surface area (Å²) in [5, 5.41) is 3.20. The largest absolute Gasteiger partial charge is 0.340 e. The number of H-pyrrole nitrogens is 1. The smallest absolute Gasteiger partial charge is 0.258 e. The fourth-order valence-corrected chi connectivity index (χ4v) is 3.90. The second-order valence-corrected chi connectivity index (χ2v) is 6.67. The highest BCUT2D eigenvalue weighted by atomic mass is 32.2. The lowest BCUT2D eigenvalue weighted by molar-refractivity contribution is 0.0993. The van der Waals surface area contributed by atoms with Crippen LogP contribution >= 0.6 is 11.8 Å². The summed E-state index contributed by atoms with van der Waals surface area (Å²) in [4.78, 5) is 21.8. The number of aromatic amines is 1. The van der Waals surface area contributed by atoms with Crippen molar-refractivity contribution in [2.24, 2.45) is 0 Å². The van der Waals surface area contributed by atoms with E-state index in [9.17, 15) is 4.79 Å². The number of hydrogen-bond acceptors (Lipinski definition) is 3. The topological polar surface area (TPSA) is 49.0 Å². The Morgan fingerprint density at radius 3 is 2.83 bits per heavy atom. The van der Waals surface area contributed by atoms with Gasteiger partial charge in [0.1, 0.15) is 0 Å². The first-order valence-electron chi connectivity index (χ1n) is 7.80. The molecule has 1 aliphatic heterocycles. The molecule has 0 saturated heterocycles. The van der Waals surface area contributed by atoms with E-state index in [-0.39, 0.29) is 5.91 Å². The number of benzene rings is 2. The summed E-state index contributed by atoms with van der Waals surface area (Å²) < 4.78 is 0. The van der Waals surface area contributed by atoms with Crippen LogP contribution in [-0.2, 0) is 0 Å². The maximum absolute atomic E-state index is 12.6. The van der Waals surface area contributed by atoms with E-state index in [1.165, 1.54) is 0 Å². The third-order valence-corrected chi connectivity index (χ3v) is 5.13. The highest BCUT2D eigenvalue weighted by Gasteiger charge is 2.28. The molecule has 23 heavy (non-hydrogen) atoms. The van der Waals surface area contributed by atoms with Crippen molar-refractivity contribution in [3.8, 4) is 0 Å². The molecule has 2 heterocycles. The van der Waals surface area contributed by atoms with Gasteiger partial charge in [0.05, 0.1) is 5.69 Å². The van der Waals surface area contributed by atoms with Crippen molar-refractivity contribution >= 4 is 34.1 Å². The van der Waals surface area contributed by atoms with Gasteiger partial charge in [0.15, 0.2) is 5.16 Å². The number of thioether (sulfide) groups is 1. The van der Waals surface area contributed by atoms with Crippen molar-refractivity contribution in [2.75, 3.05) is 17.2 Å². The molecule has 0 aliphatic carbocycles. The number of amides is 1. The highest BCUT2D eigenvalue weighted by Crippen LogP contribution is 2.37. The van der Waals surface area contributed by atoms with Crippen LogP contribution in [-0.4, -0.2) is 28.2 Å². The molecule has 0 unspecified atom stereocenters. The molecule has 1 N–H and O–H groups in total. The van der Waals surface area contributed by atoms with Gasteiger partial charge in [0, 0.05) is 35.6 Å². The summed E-state index contributed by atoms with van der Waals surface area (Å²) >= 11 is 1.72. The van der Waals surface area contributed by atoms with Gasteiger partial charge in [-0.05, 0) is 30.4 Å². The van der Waals surface area contributed by atoms with Crippen LogP contribution in [0.5, 0.6) is 0 Å². The van der Waals surface area contributed by atoms with Gasteiger partial charge in [-0.25, -0.2) is 4.98 Å². The molecular formula is C18H17N3OS. The van der Waals surface area contributed by atoms with Crippen LogP contribution in [0, 0.1) is 0 Å². The number of carbonyl (C=O) groups excluding carboxylic acids is 1. The van der Waals surface area contributed by atoms with E-state index in [2.05, 4.69) is 22.1 Å². The number of nitrogens with one attached hydrogen (secondary N) is 1. The van der Waals surface area contributed by atoms with E-state index >= 15 is 0 Å². The molecule has 0 atom stereocenters. The first-order chi connectivity index (χ1) is 11.3. The maximum Gasteiger partial charge on any atom is 0.258 e. The molecule has 1 aromatic heterocycles. The Morgan fingerprint density at radius 2 is 2.00 bits per heavy atom. The minimum Gasteiger partial charge on any atom is -0.340 e. The van der Waals surface area contributed by atoms with Crippen molar-refractivity contribution in [3.05, 3.63) is 54.4 Å². The summed E-state index contributed by atoms with van der Waals surface area (Å²) in [7, 11) is 0. The van der Waals surface area contributed by atoms with Crippen molar-refractivity contribution in [3.63, 3.8) is 0 Å². The van der Waals surface area contributed by atoms with Gasteiger partial charge in [0.25, 0.3) is 5.91 Å². The van der Waals surface area contributed by atoms with Gasteiger partial charge in [-0.1, -0.05) is 36.0 Å². The zero-order valence-corrected chi connectivity index (χ0v) is 13.5. The number of nitrogens with zero attached hydrogens (tertiary/aromatic N) is 2. The minimum absolute atomic E-state index is 0.135. The van der Waals surface area contributed by atoms with E-state index in [0.29, 0.717) is 0 Å². The normalized spacial score (nSPS) is 13.2. The molecule has 1 aliphatic rings. The number of unbranched alkanes of at least 4 members (excludes halogenated alkanes) is 1. The Labute approximate surface area is 138 Å². The van der Waals surface area contributed by atoms with Crippen molar-refractivity contribution in [2.45, 2.75) is 18.0 Å². The molecule has 4 nitrogen and oxygen atoms in total. The molecular weight excluding hydrogens is 306 g/mol. The van der Waals surface area contributed by atoms with Gasteiger partial charge >= 0.3 is 0 Å². The van der Waals surface area contributed by atoms with Gasteiger partial charge < -0.3 is 9.88 Å². The fourth-order valence-electron chi connectivity index (χ4n) is 3.07. The zero-order valence-electron chi connectivity index (χ0n) is 12.7. The zero-order chi connectivity index (χ0) is 15.6. The molecule has 2 aromatic carbocycles. The van der Waals surface area contributed by atoms with Crippen molar-refractivity contribution < 1.29 is 4.79 Å². The molecule has 0 fully saturated rings. The minimum atomic E-state index is 0.135. The maximum atomic E-state index is 12.6. The van der Waals surface area contributed by atoms with Crippen molar-refractivity contribution in [1.29, 1.82) is 0 Å². The van der Waals surface area contributed by atoms with Gasteiger partial charge in [0.2, 0.25) is 0 Å². The van der Waals surface area contributed by atoms with Crippen LogP contribution in [0.15, 0.2) is 53.9 Å². The number of imidazole rings is 1. The van der Waals surface area contributed by atoms with E-state index in [4.69, 9.17) is 0 Å². The number of aromatic nitrogens is 2. The molecule has 5 heteroatoms. The van der Waals surface area contributed by atoms with E-state index in [0.717, 1.165) is 52.3 Å². The fraction of sp³-hybridized carbons (Fsp3) is 0.222.